The molecule has 0 saturated heterocycles. The third-order valence-electron chi connectivity index (χ3n) is 1.99. The lowest BCUT2D eigenvalue weighted by molar-refractivity contribution is -0.138. The van der Waals surface area contributed by atoms with Gasteiger partial charge >= 0.3 is 5.97 Å². The monoisotopic (exact) mass is 253 g/mol. The van der Waals surface area contributed by atoms with Crippen LogP contribution in [0.25, 0.3) is 0 Å². The van der Waals surface area contributed by atoms with E-state index in [1.807, 2.05) is 0 Å². The van der Waals surface area contributed by atoms with Gasteiger partial charge in [-0.05, 0) is 6.07 Å². The number of carboxylic acid groups (broad SMARTS) is 1. The molecule has 0 saturated carbocycles. The Bertz CT molecular complexity index is 472. The van der Waals surface area contributed by atoms with Gasteiger partial charge < -0.3 is 20.8 Å². The minimum atomic E-state index is -1.29. The minimum Gasteiger partial charge on any atom is -0.505 e. The zero-order valence-corrected chi connectivity index (χ0v) is 9.24. The van der Waals surface area contributed by atoms with Crippen molar-refractivity contribution in [3.63, 3.8) is 0 Å². The van der Waals surface area contributed by atoms with Gasteiger partial charge in [-0.2, -0.15) is 0 Å². The highest BCUT2D eigenvalue weighted by atomic mass is 16.4. The molecule has 0 spiro atoms. The topological polar surface area (TPSA) is 134 Å². The lowest BCUT2D eigenvalue weighted by Crippen LogP contribution is -2.41. The van der Waals surface area contributed by atoms with Crippen molar-refractivity contribution in [3.8, 4) is 5.75 Å². The second-order valence-electron chi connectivity index (χ2n) is 3.41. The van der Waals surface area contributed by atoms with Gasteiger partial charge in [0.25, 0.3) is 5.91 Å². The molecule has 96 valence electrons. The summed E-state index contributed by atoms with van der Waals surface area (Å²) in [5.74, 6) is -3.35. The lowest BCUT2D eigenvalue weighted by Gasteiger charge is -2.19. The Morgan fingerprint density at radius 3 is 2.50 bits per heavy atom. The van der Waals surface area contributed by atoms with Crippen molar-refractivity contribution in [2.45, 2.75) is 0 Å². The van der Waals surface area contributed by atoms with E-state index in [1.165, 1.54) is 12.3 Å². The van der Waals surface area contributed by atoms with E-state index in [0.29, 0.717) is 0 Å². The van der Waals surface area contributed by atoms with E-state index in [-0.39, 0.29) is 5.56 Å². The molecule has 1 aromatic rings. The molecule has 1 heterocycles. The molecule has 1 rings (SSSR count). The number of aromatic hydroxyl groups is 1. The molecule has 0 aliphatic rings. The van der Waals surface area contributed by atoms with Gasteiger partial charge in [0.1, 0.15) is 18.8 Å². The average molecular weight is 253 g/mol. The number of primary amides is 1. The van der Waals surface area contributed by atoms with Crippen LogP contribution in [0.2, 0.25) is 0 Å². The number of rotatable bonds is 5. The molecule has 8 heteroatoms. The smallest absolute Gasteiger partial charge is 0.323 e. The van der Waals surface area contributed by atoms with Crippen LogP contribution < -0.4 is 5.73 Å². The van der Waals surface area contributed by atoms with Crippen LogP contribution in [-0.4, -0.2) is 51.0 Å². The van der Waals surface area contributed by atoms with Gasteiger partial charge in [0.15, 0.2) is 0 Å². The number of pyridine rings is 1. The Balaban J connectivity index is 2.98. The Morgan fingerprint density at radius 2 is 2.00 bits per heavy atom. The highest BCUT2D eigenvalue weighted by molar-refractivity contribution is 5.99. The molecule has 0 unspecified atom stereocenters. The van der Waals surface area contributed by atoms with Gasteiger partial charge in [-0.1, -0.05) is 0 Å². The van der Waals surface area contributed by atoms with Crippen LogP contribution in [0.4, 0.5) is 0 Å². The van der Waals surface area contributed by atoms with Gasteiger partial charge in [-0.25, -0.2) is 0 Å². The molecule has 0 bridgehead atoms. The van der Waals surface area contributed by atoms with E-state index in [2.05, 4.69) is 4.98 Å². The molecule has 8 nitrogen and oxygen atoms in total. The molecule has 4 N–H and O–H groups in total. The summed E-state index contributed by atoms with van der Waals surface area (Å²) in [5.41, 5.74) is 4.78. The molecule has 1 aromatic heterocycles. The van der Waals surface area contributed by atoms with Crippen molar-refractivity contribution in [1.82, 2.24) is 9.88 Å². The molecule has 0 aliphatic heterocycles. The van der Waals surface area contributed by atoms with Crippen LogP contribution in [0.15, 0.2) is 18.5 Å². The molecular weight excluding hydrogens is 242 g/mol. The predicted molar refractivity (Wildman–Crippen MR) is 58.6 cm³/mol. The van der Waals surface area contributed by atoms with Crippen molar-refractivity contribution >= 4 is 17.8 Å². The van der Waals surface area contributed by atoms with Gasteiger partial charge in [0, 0.05) is 6.20 Å². The summed E-state index contributed by atoms with van der Waals surface area (Å²) in [6.45, 7) is -1.24. The van der Waals surface area contributed by atoms with Crippen molar-refractivity contribution in [1.29, 1.82) is 0 Å². The summed E-state index contributed by atoms with van der Waals surface area (Å²) < 4.78 is 0. The van der Waals surface area contributed by atoms with E-state index in [4.69, 9.17) is 10.8 Å². The molecule has 0 radical (unpaired) electrons. The van der Waals surface area contributed by atoms with Crippen LogP contribution in [0.5, 0.6) is 5.75 Å². The van der Waals surface area contributed by atoms with Crippen molar-refractivity contribution < 1.29 is 24.6 Å². The number of aromatic nitrogens is 1. The van der Waals surface area contributed by atoms with Crippen LogP contribution in [0.1, 0.15) is 10.4 Å². The van der Waals surface area contributed by atoms with E-state index in [1.54, 1.807) is 0 Å². The van der Waals surface area contributed by atoms with E-state index in [9.17, 15) is 19.5 Å². The third kappa shape index (κ3) is 3.44. The summed E-state index contributed by atoms with van der Waals surface area (Å²) in [4.78, 5) is 37.6. The van der Waals surface area contributed by atoms with Crippen LogP contribution in [-0.2, 0) is 9.59 Å². The number of hydrogen-bond acceptors (Lipinski definition) is 5. The van der Waals surface area contributed by atoms with Gasteiger partial charge in [-0.3, -0.25) is 19.4 Å². The highest BCUT2D eigenvalue weighted by Crippen LogP contribution is 2.16. The predicted octanol–water partition coefficient (Wildman–Crippen LogP) is -1.20. The number of hydrogen-bond donors (Lipinski definition) is 3. The standard InChI is InChI=1S/C10H11N3O5/c11-8(15)4-13(5-9(16)17)10(18)6-1-2-12-3-7(6)14/h1-3,14H,4-5H2,(H2,11,15)(H,16,17). The molecule has 2 amide bonds. The average Bonchev–Trinajstić information content (AvgIpc) is 2.26. The maximum atomic E-state index is 11.9. The second-order valence-corrected chi connectivity index (χ2v) is 3.41. The number of nitrogens with two attached hydrogens (primary N) is 1. The fraction of sp³-hybridized carbons (Fsp3) is 0.200. The summed E-state index contributed by atoms with van der Waals surface area (Å²) >= 11 is 0. The van der Waals surface area contributed by atoms with Crippen molar-refractivity contribution in [3.05, 3.63) is 24.0 Å². The Labute approximate surface area is 102 Å². The summed E-state index contributed by atoms with van der Waals surface area (Å²) in [6, 6.07) is 1.22. The number of aliphatic carboxylic acids is 1. The minimum absolute atomic E-state index is 0.146. The zero-order chi connectivity index (χ0) is 13.7. The van der Waals surface area contributed by atoms with Crippen LogP contribution in [0.3, 0.4) is 0 Å². The Morgan fingerprint density at radius 1 is 1.33 bits per heavy atom. The SMILES string of the molecule is NC(=O)CN(CC(=O)O)C(=O)c1ccncc1O. The Kier molecular flexibility index (Phi) is 4.19. The first kappa shape index (κ1) is 13.4. The van der Waals surface area contributed by atoms with E-state index in [0.717, 1.165) is 11.1 Å². The quantitative estimate of drug-likeness (QED) is 0.603. The number of carboxylic acids is 1. The fourth-order valence-corrected chi connectivity index (χ4v) is 1.29. The molecule has 0 aliphatic carbocycles. The van der Waals surface area contributed by atoms with Crippen LogP contribution >= 0.6 is 0 Å². The molecule has 18 heavy (non-hydrogen) atoms. The number of carbonyl (C=O) groups excluding carboxylic acids is 2. The first-order valence-electron chi connectivity index (χ1n) is 4.84. The van der Waals surface area contributed by atoms with Crippen molar-refractivity contribution in [2.75, 3.05) is 13.1 Å². The summed E-state index contributed by atoms with van der Waals surface area (Å²) in [5, 5.41) is 18.1. The molecule has 0 fully saturated rings. The largest absolute Gasteiger partial charge is 0.505 e. The van der Waals surface area contributed by atoms with E-state index >= 15 is 0 Å². The Hall–Kier alpha value is -2.64. The highest BCUT2D eigenvalue weighted by Gasteiger charge is 2.22. The lowest BCUT2D eigenvalue weighted by atomic mass is 10.2. The number of carbonyl (C=O) groups is 3. The number of nitrogens with zero attached hydrogens (tertiary/aromatic N) is 2. The molecule has 0 aromatic carbocycles. The fourth-order valence-electron chi connectivity index (χ4n) is 1.29. The summed E-state index contributed by atoms with van der Waals surface area (Å²) in [6.07, 6.45) is 2.30. The maximum Gasteiger partial charge on any atom is 0.323 e. The molecule has 0 atom stereocenters. The maximum absolute atomic E-state index is 11.9. The molecular formula is C10H11N3O5. The first-order valence-corrected chi connectivity index (χ1v) is 4.84. The van der Waals surface area contributed by atoms with Crippen molar-refractivity contribution in [2.24, 2.45) is 5.73 Å². The normalized spacial score (nSPS) is 9.78. The van der Waals surface area contributed by atoms with Gasteiger partial charge in [-0.15, -0.1) is 0 Å². The van der Waals surface area contributed by atoms with E-state index < -0.39 is 36.6 Å². The van der Waals surface area contributed by atoms with Gasteiger partial charge in [0.05, 0.1) is 11.8 Å². The zero-order valence-electron chi connectivity index (χ0n) is 9.24. The van der Waals surface area contributed by atoms with Gasteiger partial charge in [0.2, 0.25) is 5.91 Å². The third-order valence-corrected chi connectivity index (χ3v) is 1.99. The second kappa shape index (κ2) is 5.62. The summed E-state index contributed by atoms with van der Waals surface area (Å²) in [7, 11) is 0. The van der Waals surface area contributed by atoms with Crippen LogP contribution in [0, 0.1) is 0 Å². The number of amides is 2. The first-order chi connectivity index (χ1) is 8.41.